The van der Waals surface area contributed by atoms with E-state index >= 15 is 0 Å². The molecule has 1 aliphatic rings. The maximum Gasteiger partial charge on any atom is 0.374 e. The summed E-state index contributed by atoms with van der Waals surface area (Å²) < 4.78 is 127. The summed E-state index contributed by atoms with van der Waals surface area (Å²) in [5.41, 5.74) is -10.9. The first-order valence-corrected chi connectivity index (χ1v) is 33.1. The van der Waals surface area contributed by atoms with Gasteiger partial charge in [0, 0.05) is 47.9 Å². The molecule has 0 atom stereocenters. The van der Waals surface area contributed by atoms with Crippen molar-refractivity contribution in [3.63, 3.8) is 0 Å². The highest BCUT2D eigenvalue weighted by Crippen LogP contribution is 2.76. The summed E-state index contributed by atoms with van der Waals surface area (Å²) >= 11 is 0. The first-order chi connectivity index (χ1) is 34.1. The van der Waals surface area contributed by atoms with Crippen molar-refractivity contribution >= 4 is 60.8 Å². The maximum absolute atomic E-state index is 13.0. The fourth-order valence-corrected chi connectivity index (χ4v) is 17.9. The number of aliphatic hydroxyl groups is 4. The topological polar surface area (TPSA) is 578 Å². The van der Waals surface area contributed by atoms with Gasteiger partial charge in [-0.25, -0.2) is 0 Å². The highest BCUT2D eigenvalue weighted by atomic mass is 31.3. The van der Waals surface area contributed by atoms with Crippen molar-refractivity contribution in [3.8, 4) is 23.0 Å². The monoisotopic (exact) mass is 1240 g/mol. The smallest absolute Gasteiger partial charge is 0.374 e. The van der Waals surface area contributed by atoms with Gasteiger partial charge in [-0.2, -0.15) is 0 Å². The van der Waals surface area contributed by atoms with E-state index in [1.165, 1.54) is 0 Å². The third-order valence-corrected chi connectivity index (χ3v) is 26.9. The lowest BCUT2D eigenvalue weighted by Gasteiger charge is -2.33. The zero-order chi connectivity index (χ0) is 58.6. The number of rotatable bonds is 16. The van der Waals surface area contributed by atoms with Crippen LogP contribution in [-0.2, 0) is 82.5 Å². The van der Waals surface area contributed by atoms with Crippen LogP contribution in [0.4, 0.5) is 0 Å². The molecule has 0 saturated heterocycles. The van der Waals surface area contributed by atoms with Gasteiger partial charge in [-0.15, -0.1) is 0 Å². The summed E-state index contributed by atoms with van der Waals surface area (Å²) in [6.07, 6.45) is -4.44. The minimum atomic E-state index is -6.56. The van der Waals surface area contributed by atoms with Gasteiger partial charge in [-0.05, 0) is 93.0 Å². The average molecular weight is 1240 g/mol. The van der Waals surface area contributed by atoms with E-state index in [-0.39, 0.29) is 0 Å². The third kappa shape index (κ3) is 10.7. The Balaban J connectivity index is 2.23. The predicted octanol–water partition coefficient (Wildman–Crippen LogP) is 0.230. The molecule has 1 aliphatic carbocycles. The Morgan fingerprint density at radius 2 is 0.382 bits per heavy atom. The number of hydrogen-bond donors (Lipinski definition) is 20. The minimum Gasteiger partial charge on any atom is -0.496 e. The second-order valence-electron chi connectivity index (χ2n) is 16.9. The van der Waals surface area contributed by atoms with Crippen LogP contribution in [0.1, 0.15) is 66.8 Å². The molecule has 0 aromatic heterocycles. The molecule has 0 radical (unpaired) electrons. The first kappa shape index (κ1) is 63.9. The Morgan fingerprint density at radius 3 is 0.461 bits per heavy atom. The zero-order valence-electron chi connectivity index (χ0n) is 38.9. The van der Waals surface area contributed by atoms with Crippen LogP contribution in [0, 0.1) is 0 Å². The number of methoxy groups -OCH3 is 4. The Hall–Kier alpha value is -2.88. The molecule has 0 saturated carbocycles. The van der Waals surface area contributed by atoms with Crippen molar-refractivity contribution in [2.75, 3.05) is 28.4 Å². The second kappa shape index (κ2) is 20.6. The summed E-state index contributed by atoms with van der Waals surface area (Å²) in [7, 11) is -49.0. The third-order valence-electron chi connectivity index (χ3n) is 12.1. The van der Waals surface area contributed by atoms with Crippen molar-refractivity contribution in [1.82, 2.24) is 0 Å². The lowest BCUT2D eigenvalue weighted by atomic mass is 9.88. The molecule has 0 spiro atoms. The minimum absolute atomic E-state index is 0.469. The van der Waals surface area contributed by atoms with Crippen LogP contribution in [0.2, 0.25) is 0 Å². The zero-order valence-corrected chi connectivity index (χ0v) is 46.0. The van der Waals surface area contributed by atoms with E-state index in [1.807, 2.05) is 0 Å². The lowest BCUT2D eigenvalue weighted by Crippen LogP contribution is -2.27. The van der Waals surface area contributed by atoms with E-state index < -0.39 is 197 Å². The first-order valence-electron chi connectivity index (χ1n) is 20.2. The van der Waals surface area contributed by atoms with Crippen molar-refractivity contribution < 1.29 is 154 Å². The van der Waals surface area contributed by atoms with Crippen LogP contribution in [0.15, 0.2) is 48.5 Å². The van der Waals surface area contributed by atoms with Crippen molar-refractivity contribution in [3.05, 3.63) is 115 Å². The summed E-state index contributed by atoms with van der Waals surface area (Å²) in [5.74, 6) is -2.43. The number of hydrogen-bond acceptors (Lipinski definition) is 16. The summed E-state index contributed by atoms with van der Waals surface area (Å²) in [5, 5.41) is 27.9. The van der Waals surface area contributed by atoms with Gasteiger partial charge in [-0.1, -0.05) is 0 Å². The molecular formula is C36H48O32P8. The van der Waals surface area contributed by atoms with Crippen molar-refractivity contribution in [1.29, 1.82) is 0 Å². The quantitative estimate of drug-likeness (QED) is 0.0588. The molecule has 0 unspecified atom stereocenters. The molecule has 0 heterocycles. The number of ether oxygens (including phenoxy) is 4. The van der Waals surface area contributed by atoms with E-state index in [4.69, 9.17) is 18.9 Å². The largest absolute Gasteiger partial charge is 0.496 e. The van der Waals surface area contributed by atoms with E-state index in [9.17, 15) is 135 Å². The molecule has 0 amide bonds. The van der Waals surface area contributed by atoms with Gasteiger partial charge < -0.3 is 118 Å². The van der Waals surface area contributed by atoms with Crippen LogP contribution in [0.25, 0.3) is 0 Å². The van der Waals surface area contributed by atoms with E-state index in [0.717, 1.165) is 28.4 Å². The molecule has 40 heteroatoms. The molecule has 76 heavy (non-hydrogen) atoms. The Morgan fingerprint density at radius 1 is 0.276 bits per heavy atom. The fourth-order valence-electron chi connectivity index (χ4n) is 8.74. The maximum atomic E-state index is 13.0. The second-order valence-corrected chi connectivity index (χ2v) is 32.2. The van der Waals surface area contributed by atoms with Gasteiger partial charge in [-0.3, -0.25) is 36.5 Å². The molecular weight excluding hydrogens is 1190 g/mol. The normalized spacial score (nSPS) is 15.1. The van der Waals surface area contributed by atoms with Crippen LogP contribution in [0.5, 0.6) is 23.0 Å². The lowest BCUT2D eigenvalue weighted by molar-refractivity contribution is 0.130. The summed E-state index contributed by atoms with van der Waals surface area (Å²) in [6, 6.07) is 3.75. The molecule has 4 aromatic rings. The molecule has 5 rings (SSSR count). The Bertz CT molecular complexity index is 2770. The fraction of sp³-hybridized carbons (Fsp3) is 0.333. The van der Waals surface area contributed by atoms with Gasteiger partial charge in [0.15, 0.2) is 0 Å². The molecule has 0 fully saturated rings. The van der Waals surface area contributed by atoms with Gasteiger partial charge in [0.2, 0.25) is 0 Å². The van der Waals surface area contributed by atoms with E-state index in [1.54, 1.807) is 0 Å². The van der Waals surface area contributed by atoms with Crippen LogP contribution in [-0.4, -0.2) is 127 Å². The molecule has 4 aromatic carbocycles. The SMILES string of the molecule is COc1c2cc(C(O)(P(=O)(O)O)P(=O)(O)O)cc1Cc1cc(C(O)(P(=O)(O)O)P(=O)(O)O)cc(c1OC)Cc1cc(C(O)(P(=O)(O)O)P(=O)(O)O)cc(c1OC)Cc1cc(C(O)(P(=O)(O)O)P(=O)(O)O)cc(c1OC)C2. The standard InChI is InChI=1S/C36H48O32P8/c1-65-29-17-5-19-11-26(34(38,71(47,48)49)72(50,51)52)13-21(30(19)66-2)7-23-15-28(36(40,75(59,60)61)76(62,63)64)16-24(32(23)68-4)8-22-14-27(35(39,73(53,54)55)74(56,57)58)12-20(31(22)67-3)6-18(29)10-25(9-17)33(37,69(41,42)43)70(44,45)46/h9-16,37-40H,5-8H2,1-4H3,(H2,41,42,43)(H2,44,45,46)(H2,47,48,49)(H2,50,51,52)(H2,53,54,55)(H2,56,57,58)(H2,59,60,61)(H2,62,63,64). The summed E-state index contributed by atoms with van der Waals surface area (Å²) in [4.78, 5) is 166. The number of fused-ring (bicyclic) bond motifs is 8. The Kier molecular flexibility index (Phi) is 17.3. The van der Waals surface area contributed by atoms with E-state index in [2.05, 4.69) is 0 Å². The van der Waals surface area contributed by atoms with Gasteiger partial charge in [0.25, 0.3) is 20.3 Å². The molecule has 424 valence electrons. The molecule has 20 N–H and O–H groups in total. The van der Waals surface area contributed by atoms with Crippen molar-refractivity contribution in [2.45, 2.75) is 46.0 Å². The van der Waals surface area contributed by atoms with Gasteiger partial charge in [0.05, 0.1) is 28.4 Å². The highest BCUT2D eigenvalue weighted by molar-refractivity contribution is 7.72. The molecule has 8 bridgehead atoms. The van der Waals surface area contributed by atoms with E-state index in [0.29, 0.717) is 48.5 Å². The molecule has 0 aliphatic heterocycles. The summed E-state index contributed by atoms with van der Waals surface area (Å²) in [6.45, 7) is 0. The van der Waals surface area contributed by atoms with Crippen LogP contribution < -0.4 is 18.9 Å². The Labute approximate surface area is 426 Å². The number of benzene rings is 4. The van der Waals surface area contributed by atoms with Gasteiger partial charge in [0.1, 0.15) is 23.0 Å². The van der Waals surface area contributed by atoms with Gasteiger partial charge >= 0.3 is 60.8 Å². The molecule has 32 nitrogen and oxygen atoms in total. The van der Waals surface area contributed by atoms with Crippen LogP contribution >= 0.6 is 60.8 Å². The highest BCUT2D eigenvalue weighted by Gasteiger charge is 2.64. The predicted molar refractivity (Wildman–Crippen MR) is 255 cm³/mol. The average Bonchev–Trinajstić information content (AvgIpc) is 3.24. The van der Waals surface area contributed by atoms with Crippen molar-refractivity contribution in [2.24, 2.45) is 0 Å². The van der Waals surface area contributed by atoms with Crippen LogP contribution in [0.3, 0.4) is 0 Å².